The van der Waals surface area contributed by atoms with Crippen molar-refractivity contribution in [1.29, 1.82) is 0 Å². The lowest BCUT2D eigenvalue weighted by molar-refractivity contribution is -0.136. The molecule has 0 saturated heterocycles. The minimum absolute atomic E-state index is 0.204. The predicted molar refractivity (Wildman–Crippen MR) is 83.8 cm³/mol. The Kier molecular flexibility index (Phi) is 3.80. The summed E-state index contributed by atoms with van der Waals surface area (Å²) in [6, 6.07) is 6.92. The van der Waals surface area contributed by atoms with Crippen LogP contribution in [0.5, 0.6) is 0 Å². The highest BCUT2D eigenvalue weighted by molar-refractivity contribution is 7.15. The Morgan fingerprint density at radius 1 is 1.32 bits per heavy atom. The number of pyridine rings is 1. The fraction of sp³-hybridized carbons (Fsp3) is 0.0667. The number of hydrogen-bond acceptors (Lipinski definition) is 5. The smallest absolute Gasteiger partial charge is 0.309 e. The quantitative estimate of drug-likeness (QED) is 0.796. The summed E-state index contributed by atoms with van der Waals surface area (Å²) >= 11 is 1.24. The molecule has 1 N–H and O–H groups in total. The molecule has 3 aromatic rings. The van der Waals surface area contributed by atoms with Crippen molar-refractivity contribution in [2.75, 3.05) is 0 Å². The van der Waals surface area contributed by atoms with E-state index >= 15 is 0 Å². The lowest BCUT2D eigenvalue weighted by Gasteiger charge is -1.99. The topological polar surface area (TPSA) is 84.6 Å². The Labute approximate surface area is 129 Å². The van der Waals surface area contributed by atoms with E-state index in [2.05, 4.69) is 9.97 Å². The van der Waals surface area contributed by atoms with E-state index in [0.717, 1.165) is 5.69 Å². The summed E-state index contributed by atoms with van der Waals surface area (Å²) in [5, 5.41) is 10.5. The van der Waals surface area contributed by atoms with E-state index in [-0.39, 0.29) is 12.0 Å². The van der Waals surface area contributed by atoms with Crippen LogP contribution < -0.4 is 5.56 Å². The molecule has 0 aromatic carbocycles. The van der Waals surface area contributed by atoms with Gasteiger partial charge in [-0.15, -0.1) is 11.3 Å². The molecule has 3 heterocycles. The SMILES string of the molecule is O=C(O)Cc1csc2nc(C=Cc3ccccn3)cc(=O)n12. The van der Waals surface area contributed by atoms with Crippen LogP contribution in [0.3, 0.4) is 0 Å². The van der Waals surface area contributed by atoms with Gasteiger partial charge in [-0.1, -0.05) is 6.07 Å². The number of thiazole rings is 1. The molecular weight excluding hydrogens is 302 g/mol. The van der Waals surface area contributed by atoms with Gasteiger partial charge in [-0.25, -0.2) is 4.98 Å². The molecule has 0 spiro atoms. The largest absolute Gasteiger partial charge is 0.481 e. The molecular formula is C15H11N3O3S. The second kappa shape index (κ2) is 5.90. The van der Waals surface area contributed by atoms with Crippen molar-refractivity contribution < 1.29 is 9.90 Å². The van der Waals surface area contributed by atoms with Gasteiger partial charge in [0.15, 0.2) is 4.96 Å². The van der Waals surface area contributed by atoms with Gasteiger partial charge in [0.25, 0.3) is 5.56 Å². The zero-order valence-corrected chi connectivity index (χ0v) is 12.2. The highest BCUT2D eigenvalue weighted by Crippen LogP contribution is 2.14. The molecule has 0 bridgehead atoms. The van der Waals surface area contributed by atoms with E-state index < -0.39 is 5.97 Å². The van der Waals surface area contributed by atoms with Gasteiger partial charge in [0.05, 0.1) is 17.8 Å². The Hall–Kier alpha value is -2.80. The summed E-state index contributed by atoms with van der Waals surface area (Å²) in [5.41, 5.74) is 1.43. The number of aliphatic carboxylic acids is 1. The molecule has 0 atom stereocenters. The third-order valence-corrected chi connectivity index (χ3v) is 3.81. The maximum Gasteiger partial charge on any atom is 0.309 e. The van der Waals surface area contributed by atoms with Crippen LogP contribution in [0.2, 0.25) is 0 Å². The number of fused-ring (bicyclic) bond motifs is 1. The van der Waals surface area contributed by atoms with Gasteiger partial charge in [0.2, 0.25) is 0 Å². The molecule has 0 aliphatic carbocycles. The first-order valence-electron chi connectivity index (χ1n) is 6.44. The van der Waals surface area contributed by atoms with Gasteiger partial charge >= 0.3 is 5.97 Å². The minimum Gasteiger partial charge on any atom is -0.481 e. The third-order valence-electron chi connectivity index (χ3n) is 2.94. The summed E-state index contributed by atoms with van der Waals surface area (Å²) in [6.45, 7) is 0. The highest BCUT2D eigenvalue weighted by atomic mass is 32.1. The molecule has 3 rings (SSSR count). The molecule has 0 radical (unpaired) electrons. The third kappa shape index (κ3) is 2.94. The second-order valence-electron chi connectivity index (χ2n) is 4.52. The molecule has 22 heavy (non-hydrogen) atoms. The Morgan fingerprint density at radius 3 is 2.86 bits per heavy atom. The number of carboxylic acid groups (broad SMARTS) is 1. The first kappa shape index (κ1) is 14.2. The van der Waals surface area contributed by atoms with E-state index in [4.69, 9.17) is 5.11 Å². The van der Waals surface area contributed by atoms with Crippen molar-refractivity contribution >= 4 is 34.4 Å². The van der Waals surface area contributed by atoms with E-state index in [0.29, 0.717) is 16.3 Å². The second-order valence-corrected chi connectivity index (χ2v) is 5.36. The molecule has 0 saturated carbocycles. The van der Waals surface area contributed by atoms with Gasteiger partial charge in [-0.3, -0.25) is 19.0 Å². The van der Waals surface area contributed by atoms with Crippen LogP contribution >= 0.6 is 11.3 Å². The monoisotopic (exact) mass is 313 g/mol. The fourth-order valence-electron chi connectivity index (χ4n) is 2.00. The van der Waals surface area contributed by atoms with Crippen LogP contribution in [0, 0.1) is 0 Å². The lowest BCUT2D eigenvalue weighted by atomic mass is 10.3. The summed E-state index contributed by atoms with van der Waals surface area (Å²) < 4.78 is 1.33. The molecule has 0 aliphatic rings. The number of rotatable bonds is 4. The first-order valence-corrected chi connectivity index (χ1v) is 7.32. The zero-order valence-electron chi connectivity index (χ0n) is 11.3. The molecule has 0 amide bonds. The van der Waals surface area contributed by atoms with Crippen molar-refractivity contribution in [3.63, 3.8) is 0 Å². The molecule has 0 aliphatic heterocycles. The normalized spacial score (nSPS) is 11.3. The van der Waals surface area contributed by atoms with Crippen molar-refractivity contribution in [3.05, 3.63) is 63.3 Å². The summed E-state index contributed by atoms with van der Waals surface area (Å²) in [6.07, 6.45) is 4.96. The zero-order chi connectivity index (χ0) is 15.5. The van der Waals surface area contributed by atoms with Crippen LogP contribution in [0.15, 0.2) is 40.6 Å². The van der Waals surface area contributed by atoms with Gasteiger partial charge in [0.1, 0.15) is 0 Å². The highest BCUT2D eigenvalue weighted by Gasteiger charge is 2.10. The predicted octanol–water partition coefficient (Wildman–Crippen LogP) is 1.95. The maximum atomic E-state index is 12.2. The summed E-state index contributed by atoms with van der Waals surface area (Å²) in [7, 11) is 0. The van der Waals surface area contributed by atoms with Gasteiger partial charge in [-0.05, 0) is 24.3 Å². The van der Waals surface area contributed by atoms with E-state index in [1.807, 2.05) is 18.2 Å². The van der Waals surface area contributed by atoms with Crippen molar-refractivity contribution in [3.8, 4) is 0 Å². The first-order chi connectivity index (χ1) is 10.6. The van der Waals surface area contributed by atoms with Crippen molar-refractivity contribution in [2.24, 2.45) is 0 Å². The van der Waals surface area contributed by atoms with Gasteiger partial charge in [-0.2, -0.15) is 0 Å². The van der Waals surface area contributed by atoms with Crippen molar-refractivity contribution in [2.45, 2.75) is 6.42 Å². The van der Waals surface area contributed by atoms with E-state index in [1.165, 1.54) is 21.8 Å². The average molecular weight is 313 g/mol. The van der Waals surface area contributed by atoms with Crippen molar-refractivity contribution in [1.82, 2.24) is 14.4 Å². The lowest BCUT2D eigenvalue weighted by Crippen LogP contribution is -2.17. The van der Waals surface area contributed by atoms with Crippen LogP contribution in [0.25, 0.3) is 17.1 Å². The minimum atomic E-state index is -0.981. The Morgan fingerprint density at radius 2 is 2.14 bits per heavy atom. The molecule has 3 aromatic heterocycles. The number of aromatic nitrogens is 3. The van der Waals surface area contributed by atoms with Gasteiger partial charge < -0.3 is 5.11 Å². The maximum absolute atomic E-state index is 12.2. The van der Waals surface area contributed by atoms with Crippen LogP contribution in [-0.4, -0.2) is 25.4 Å². The number of carbonyl (C=O) groups is 1. The van der Waals surface area contributed by atoms with E-state index in [1.54, 1.807) is 23.7 Å². The fourth-order valence-corrected chi connectivity index (χ4v) is 2.90. The Bertz CT molecular complexity index is 913. The van der Waals surface area contributed by atoms with Gasteiger partial charge in [0, 0.05) is 23.3 Å². The molecule has 6 nitrogen and oxygen atoms in total. The Balaban J connectivity index is 1.98. The number of carboxylic acids is 1. The molecule has 110 valence electrons. The average Bonchev–Trinajstić information content (AvgIpc) is 2.89. The standard InChI is InChI=1S/C15H11N3O3S/c19-13-7-11(5-4-10-3-1-2-6-16-10)17-15-18(13)12(9-22-15)8-14(20)21/h1-7,9H,8H2,(H,20,21). The van der Waals surface area contributed by atoms with Crippen LogP contribution in [0.4, 0.5) is 0 Å². The molecule has 0 fully saturated rings. The van der Waals surface area contributed by atoms with Crippen LogP contribution in [-0.2, 0) is 11.2 Å². The molecule has 0 unspecified atom stereocenters. The summed E-state index contributed by atoms with van der Waals surface area (Å²) in [4.78, 5) is 31.9. The summed E-state index contributed by atoms with van der Waals surface area (Å²) in [5.74, 6) is -0.981. The number of hydrogen-bond donors (Lipinski definition) is 1. The van der Waals surface area contributed by atoms with Crippen LogP contribution in [0.1, 0.15) is 17.1 Å². The molecule has 7 heteroatoms. The number of nitrogens with zero attached hydrogens (tertiary/aromatic N) is 3. The van der Waals surface area contributed by atoms with E-state index in [9.17, 15) is 9.59 Å².